The lowest BCUT2D eigenvalue weighted by molar-refractivity contribution is 0.625. The standard InChI is InChI=1S/C8H12N4O/c9-8-11-6(4-7(13)12-8)5-2-1-3-10-5/h4-5,10H,1-3H2,(H3,9,11,12,13)/t5-/m0/s1. The van der Waals surface area contributed by atoms with Crippen LogP contribution >= 0.6 is 0 Å². The van der Waals surface area contributed by atoms with E-state index in [9.17, 15) is 4.79 Å². The van der Waals surface area contributed by atoms with E-state index in [1.165, 1.54) is 6.07 Å². The Morgan fingerprint density at radius 3 is 3.08 bits per heavy atom. The van der Waals surface area contributed by atoms with Gasteiger partial charge in [-0.3, -0.25) is 9.78 Å². The number of hydrogen-bond acceptors (Lipinski definition) is 4. The number of nitrogen functional groups attached to an aromatic ring is 1. The molecule has 70 valence electrons. The van der Waals surface area contributed by atoms with E-state index in [4.69, 9.17) is 5.73 Å². The van der Waals surface area contributed by atoms with Crippen molar-refractivity contribution in [2.45, 2.75) is 18.9 Å². The molecule has 5 heteroatoms. The Balaban J connectivity index is 2.33. The maximum atomic E-state index is 11.1. The zero-order valence-corrected chi connectivity index (χ0v) is 7.21. The van der Waals surface area contributed by atoms with E-state index >= 15 is 0 Å². The number of hydrogen-bond donors (Lipinski definition) is 3. The third-order valence-corrected chi connectivity index (χ3v) is 2.20. The van der Waals surface area contributed by atoms with E-state index in [0.29, 0.717) is 0 Å². The maximum Gasteiger partial charge on any atom is 0.252 e. The molecule has 1 saturated heterocycles. The highest BCUT2D eigenvalue weighted by Gasteiger charge is 2.17. The van der Waals surface area contributed by atoms with E-state index in [-0.39, 0.29) is 17.5 Å². The van der Waals surface area contributed by atoms with Gasteiger partial charge in [-0.2, -0.15) is 0 Å². The first kappa shape index (κ1) is 8.25. The van der Waals surface area contributed by atoms with Crippen LogP contribution in [-0.2, 0) is 0 Å². The van der Waals surface area contributed by atoms with Gasteiger partial charge in [0, 0.05) is 12.1 Å². The van der Waals surface area contributed by atoms with Crippen molar-refractivity contribution < 1.29 is 0 Å². The molecule has 5 nitrogen and oxygen atoms in total. The number of nitrogens with one attached hydrogen (secondary N) is 2. The molecule has 1 aromatic heterocycles. The molecule has 1 aliphatic heterocycles. The van der Waals surface area contributed by atoms with Gasteiger partial charge >= 0.3 is 0 Å². The van der Waals surface area contributed by atoms with Crippen LogP contribution < -0.4 is 16.6 Å². The second-order valence-electron chi connectivity index (χ2n) is 3.20. The highest BCUT2D eigenvalue weighted by molar-refractivity contribution is 5.19. The first-order valence-electron chi connectivity index (χ1n) is 4.36. The van der Waals surface area contributed by atoms with E-state index in [2.05, 4.69) is 15.3 Å². The smallest absolute Gasteiger partial charge is 0.252 e. The molecular weight excluding hydrogens is 168 g/mol. The summed E-state index contributed by atoms with van der Waals surface area (Å²) in [6.07, 6.45) is 2.15. The van der Waals surface area contributed by atoms with Crippen molar-refractivity contribution in [1.29, 1.82) is 0 Å². The van der Waals surface area contributed by atoms with Crippen LogP contribution in [0.25, 0.3) is 0 Å². The predicted octanol–water partition coefficient (Wildman–Crippen LogP) is -0.223. The van der Waals surface area contributed by atoms with Gasteiger partial charge in [-0.05, 0) is 19.4 Å². The van der Waals surface area contributed by atoms with Gasteiger partial charge in [0.25, 0.3) is 5.56 Å². The van der Waals surface area contributed by atoms with Gasteiger partial charge in [0.15, 0.2) is 0 Å². The minimum Gasteiger partial charge on any atom is -0.369 e. The highest BCUT2D eigenvalue weighted by Crippen LogP contribution is 2.19. The van der Waals surface area contributed by atoms with Crippen molar-refractivity contribution in [3.8, 4) is 0 Å². The zero-order valence-electron chi connectivity index (χ0n) is 7.21. The van der Waals surface area contributed by atoms with Crippen molar-refractivity contribution >= 4 is 5.95 Å². The van der Waals surface area contributed by atoms with Crippen LogP contribution in [-0.4, -0.2) is 16.5 Å². The third-order valence-electron chi connectivity index (χ3n) is 2.20. The van der Waals surface area contributed by atoms with E-state index in [1.54, 1.807) is 0 Å². The number of rotatable bonds is 1. The average Bonchev–Trinajstić information content (AvgIpc) is 2.53. The second kappa shape index (κ2) is 3.18. The monoisotopic (exact) mass is 180 g/mol. The van der Waals surface area contributed by atoms with E-state index in [1.807, 2.05) is 0 Å². The molecule has 2 rings (SSSR count). The number of aromatic amines is 1. The van der Waals surface area contributed by atoms with Crippen molar-refractivity contribution in [3.63, 3.8) is 0 Å². The summed E-state index contributed by atoms with van der Waals surface area (Å²) in [5.41, 5.74) is 6.00. The fourth-order valence-corrected chi connectivity index (χ4v) is 1.61. The summed E-state index contributed by atoms with van der Waals surface area (Å²) in [7, 11) is 0. The molecule has 0 radical (unpaired) electrons. The molecule has 2 heterocycles. The van der Waals surface area contributed by atoms with Crippen LogP contribution in [0.4, 0.5) is 5.95 Å². The molecule has 13 heavy (non-hydrogen) atoms. The summed E-state index contributed by atoms with van der Waals surface area (Å²) >= 11 is 0. The Labute approximate surface area is 75.4 Å². The van der Waals surface area contributed by atoms with Crippen molar-refractivity contribution in [3.05, 3.63) is 22.1 Å². The van der Waals surface area contributed by atoms with E-state index < -0.39 is 0 Å². The molecule has 0 bridgehead atoms. The number of nitrogens with two attached hydrogens (primary N) is 1. The summed E-state index contributed by atoms with van der Waals surface area (Å²) in [6.45, 7) is 0.985. The van der Waals surface area contributed by atoms with Crippen LogP contribution in [0.1, 0.15) is 24.6 Å². The molecule has 0 aromatic carbocycles. The normalized spacial score (nSPS) is 22.0. The van der Waals surface area contributed by atoms with Crippen LogP contribution in [0.15, 0.2) is 10.9 Å². The fourth-order valence-electron chi connectivity index (χ4n) is 1.61. The van der Waals surface area contributed by atoms with Crippen molar-refractivity contribution in [2.75, 3.05) is 12.3 Å². The topological polar surface area (TPSA) is 83.8 Å². The molecule has 1 fully saturated rings. The molecule has 1 atom stereocenters. The Morgan fingerprint density at radius 1 is 1.62 bits per heavy atom. The van der Waals surface area contributed by atoms with Crippen LogP contribution in [0.3, 0.4) is 0 Å². The number of H-pyrrole nitrogens is 1. The van der Waals surface area contributed by atoms with Gasteiger partial charge in [0.05, 0.1) is 5.69 Å². The second-order valence-corrected chi connectivity index (χ2v) is 3.20. The quantitative estimate of drug-likeness (QED) is 0.557. The molecule has 0 aliphatic carbocycles. The first-order valence-corrected chi connectivity index (χ1v) is 4.36. The van der Waals surface area contributed by atoms with Crippen LogP contribution in [0.2, 0.25) is 0 Å². The minimum absolute atomic E-state index is 0.184. The summed E-state index contributed by atoms with van der Waals surface area (Å²) < 4.78 is 0. The molecule has 0 amide bonds. The predicted molar refractivity (Wildman–Crippen MR) is 49.2 cm³/mol. The lowest BCUT2D eigenvalue weighted by Gasteiger charge is -2.08. The molecule has 1 aromatic rings. The number of nitrogens with zero attached hydrogens (tertiary/aromatic N) is 1. The van der Waals surface area contributed by atoms with Gasteiger partial charge in [0.1, 0.15) is 0 Å². The Hall–Kier alpha value is -1.36. The average molecular weight is 180 g/mol. The number of anilines is 1. The molecule has 1 aliphatic rings. The van der Waals surface area contributed by atoms with Crippen LogP contribution in [0.5, 0.6) is 0 Å². The largest absolute Gasteiger partial charge is 0.369 e. The summed E-state index contributed by atoms with van der Waals surface area (Å²) in [4.78, 5) is 17.6. The third kappa shape index (κ3) is 1.70. The summed E-state index contributed by atoms with van der Waals surface area (Å²) in [5, 5.41) is 3.26. The summed E-state index contributed by atoms with van der Waals surface area (Å²) in [6, 6.07) is 1.70. The lowest BCUT2D eigenvalue weighted by Crippen LogP contribution is -2.19. The highest BCUT2D eigenvalue weighted by atomic mass is 16.1. The number of aromatic nitrogens is 2. The minimum atomic E-state index is -0.184. The molecular formula is C8H12N4O. The Bertz CT molecular complexity index is 353. The van der Waals surface area contributed by atoms with Crippen molar-refractivity contribution in [1.82, 2.24) is 15.3 Å². The first-order chi connectivity index (χ1) is 6.25. The van der Waals surface area contributed by atoms with Gasteiger partial charge in [-0.25, -0.2) is 4.98 Å². The zero-order chi connectivity index (χ0) is 9.26. The molecule has 4 N–H and O–H groups in total. The Morgan fingerprint density at radius 2 is 2.46 bits per heavy atom. The maximum absolute atomic E-state index is 11.1. The SMILES string of the molecule is Nc1nc([C@@H]2CCCN2)cc(=O)[nH]1. The summed E-state index contributed by atoms with van der Waals surface area (Å²) in [5.74, 6) is 0.191. The fraction of sp³-hybridized carbons (Fsp3) is 0.500. The lowest BCUT2D eigenvalue weighted by atomic mass is 10.1. The van der Waals surface area contributed by atoms with E-state index in [0.717, 1.165) is 25.1 Å². The van der Waals surface area contributed by atoms with Crippen molar-refractivity contribution in [2.24, 2.45) is 0 Å². The van der Waals surface area contributed by atoms with Gasteiger partial charge in [-0.1, -0.05) is 0 Å². The van der Waals surface area contributed by atoms with Crippen LogP contribution in [0, 0.1) is 0 Å². The molecule has 0 spiro atoms. The van der Waals surface area contributed by atoms with Gasteiger partial charge in [0.2, 0.25) is 5.95 Å². The Kier molecular flexibility index (Phi) is 2.02. The molecule has 0 unspecified atom stereocenters. The van der Waals surface area contributed by atoms with Gasteiger partial charge in [-0.15, -0.1) is 0 Å². The molecule has 0 saturated carbocycles. The van der Waals surface area contributed by atoms with Gasteiger partial charge < -0.3 is 11.1 Å².